The number of nitriles is 1. The molecule has 2 aromatic heterocycles. The Kier molecular flexibility index (Phi) is 7.63. The molecule has 11 heteroatoms. The number of aromatic nitrogens is 2. The van der Waals surface area contributed by atoms with Crippen LogP contribution in [0.1, 0.15) is 25.0 Å². The van der Waals surface area contributed by atoms with Crippen LogP contribution in [0.5, 0.6) is 0 Å². The molecule has 1 fully saturated rings. The van der Waals surface area contributed by atoms with Gasteiger partial charge in [0.25, 0.3) is 5.91 Å². The summed E-state index contributed by atoms with van der Waals surface area (Å²) < 4.78 is 26.6. The van der Waals surface area contributed by atoms with Crippen LogP contribution in [-0.2, 0) is 11.3 Å². The van der Waals surface area contributed by atoms with Gasteiger partial charge in [0.15, 0.2) is 0 Å². The van der Waals surface area contributed by atoms with Crippen LogP contribution >= 0.6 is 0 Å². The molecule has 2 aromatic rings. The average Bonchev–Trinajstić information content (AvgIpc) is 2.75. The van der Waals surface area contributed by atoms with E-state index in [1.165, 1.54) is 24.5 Å². The van der Waals surface area contributed by atoms with E-state index in [0.717, 1.165) is 6.07 Å². The second-order valence-corrected chi connectivity index (χ2v) is 7.74. The first-order valence-corrected chi connectivity index (χ1v) is 10.2. The molecule has 0 bridgehead atoms. The van der Waals surface area contributed by atoms with Crippen molar-refractivity contribution in [3.8, 4) is 6.07 Å². The molecule has 0 saturated carbocycles. The van der Waals surface area contributed by atoms with Crippen molar-refractivity contribution in [2.45, 2.75) is 31.3 Å². The molecule has 1 amide bonds. The Morgan fingerprint density at radius 3 is 2.67 bits per heavy atom. The van der Waals surface area contributed by atoms with Crippen molar-refractivity contribution in [1.29, 1.82) is 5.26 Å². The lowest BCUT2D eigenvalue weighted by Gasteiger charge is -2.41. The number of amides is 1. The van der Waals surface area contributed by atoms with Gasteiger partial charge in [0.2, 0.25) is 11.9 Å². The minimum Gasteiger partial charge on any atom is -0.384 e. The number of amidine groups is 1. The van der Waals surface area contributed by atoms with Crippen LogP contribution in [0.25, 0.3) is 0 Å². The summed E-state index contributed by atoms with van der Waals surface area (Å²) in [5.41, 5.74) is 11.5. The smallest absolute Gasteiger partial charge is 0.253 e. The van der Waals surface area contributed by atoms with E-state index in [1.54, 1.807) is 12.1 Å². The quantitative estimate of drug-likeness (QED) is 0.238. The fraction of sp³-hybridized carbons (Fsp3) is 0.318. The highest BCUT2D eigenvalue weighted by Crippen LogP contribution is 2.27. The molecule has 0 aliphatic carbocycles. The van der Waals surface area contributed by atoms with Gasteiger partial charge in [-0.2, -0.15) is 14.0 Å². The number of primary amides is 1. The lowest BCUT2D eigenvalue weighted by molar-refractivity contribution is -0.114. The van der Waals surface area contributed by atoms with Crippen LogP contribution in [-0.4, -0.2) is 45.2 Å². The maximum absolute atomic E-state index is 13.3. The van der Waals surface area contributed by atoms with Gasteiger partial charge < -0.3 is 16.8 Å². The maximum atomic E-state index is 13.3. The van der Waals surface area contributed by atoms with Gasteiger partial charge in [-0.15, -0.1) is 0 Å². The Morgan fingerprint density at radius 1 is 1.27 bits per heavy atom. The molecule has 33 heavy (non-hydrogen) atoms. The molecule has 5 N–H and O–H groups in total. The van der Waals surface area contributed by atoms with Gasteiger partial charge in [0.1, 0.15) is 5.84 Å². The molecule has 172 valence electrons. The molecule has 0 aromatic carbocycles. The molecule has 3 heterocycles. The van der Waals surface area contributed by atoms with E-state index >= 15 is 0 Å². The summed E-state index contributed by atoms with van der Waals surface area (Å²) in [6.45, 7) is 1.75. The van der Waals surface area contributed by atoms with Crippen molar-refractivity contribution in [1.82, 2.24) is 20.2 Å². The SMILES string of the molecule is N#CCC1(N/C=C(/C(N)=O)C(N)=Nc2ccnc(F)c2)CCN(Cc2cccc(F)n2)CC1. The Hall–Kier alpha value is -3.91. The van der Waals surface area contributed by atoms with Crippen LogP contribution in [0.4, 0.5) is 14.5 Å². The number of nitrogens with zero attached hydrogens (tertiary/aromatic N) is 5. The summed E-state index contributed by atoms with van der Waals surface area (Å²) in [5, 5.41) is 12.5. The Balaban J connectivity index is 1.72. The predicted octanol–water partition coefficient (Wildman–Crippen LogP) is 1.65. The van der Waals surface area contributed by atoms with Crippen LogP contribution in [0.3, 0.4) is 0 Å². The summed E-state index contributed by atoms with van der Waals surface area (Å²) in [7, 11) is 0. The zero-order valence-electron chi connectivity index (χ0n) is 17.8. The number of carbonyl (C=O) groups is 1. The van der Waals surface area contributed by atoms with Gasteiger partial charge in [0, 0.05) is 38.1 Å². The third-order valence-corrected chi connectivity index (χ3v) is 5.41. The summed E-state index contributed by atoms with van der Waals surface area (Å²) >= 11 is 0. The van der Waals surface area contributed by atoms with Gasteiger partial charge in [0.05, 0.1) is 35.0 Å². The highest BCUT2D eigenvalue weighted by atomic mass is 19.1. The van der Waals surface area contributed by atoms with Gasteiger partial charge in [-0.1, -0.05) is 6.07 Å². The Morgan fingerprint density at radius 2 is 2.03 bits per heavy atom. The molecule has 9 nitrogen and oxygen atoms in total. The maximum Gasteiger partial charge on any atom is 0.253 e. The van der Waals surface area contributed by atoms with E-state index < -0.39 is 23.3 Å². The van der Waals surface area contributed by atoms with Gasteiger partial charge in [-0.3, -0.25) is 9.69 Å². The molecule has 3 rings (SSSR count). The fourth-order valence-corrected chi connectivity index (χ4v) is 3.59. The van der Waals surface area contributed by atoms with Gasteiger partial charge >= 0.3 is 0 Å². The largest absolute Gasteiger partial charge is 0.384 e. The zero-order valence-corrected chi connectivity index (χ0v) is 17.8. The summed E-state index contributed by atoms with van der Waals surface area (Å²) in [6, 6.07) is 9.36. The zero-order chi connectivity index (χ0) is 23.8. The van der Waals surface area contributed by atoms with E-state index in [1.807, 2.05) is 0 Å². The second-order valence-electron chi connectivity index (χ2n) is 7.74. The predicted molar refractivity (Wildman–Crippen MR) is 118 cm³/mol. The van der Waals surface area contributed by atoms with Crippen molar-refractivity contribution in [3.05, 3.63) is 65.9 Å². The van der Waals surface area contributed by atoms with Crippen molar-refractivity contribution in [2.75, 3.05) is 13.1 Å². The Bertz CT molecular complexity index is 1100. The van der Waals surface area contributed by atoms with Crippen molar-refractivity contribution in [3.63, 3.8) is 0 Å². The number of likely N-dealkylation sites (tertiary alicyclic amines) is 1. The molecule has 0 radical (unpaired) electrons. The van der Waals surface area contributed by atoms with E-state index in [2.05, 4.69) is 31.2 Å². The highest BCUT2D eigenvalue weighted by Gasteiger charge is 2.34. The third-order valence-electron chi connectivity index (χ3n) is 5.41. The number of aliphatic imine (C=N–C) groups is 1. The monoisotopic (exact) mass is 454 g/mol. The number of hydrogen-bond acceptors (Lipinski definition) is 7. The number of piperidine rings is 1. The summed E-state index contributed by atoms with van der Waals surface area (Å²) in [4.78, 5) is 25.4. The van der Waals surface area contributed by atoms with Crippen molar-refractivity contribution >= 4 is 17.4 Å². The number of halogens is 2. The molecular weight excluding hydrogens is 430 g/mol. The number of hydrogen-bond donors (Lipinski definition) is 3. The molecule has 0 unspecified atom stereocenters. The van der Waals surface area contributed by atoms with Crippen LogP contribution in [0.15, 0.2) is 53.3 Å². The first kappa shape index (κ1) is 23.7. The fourth-order valence-electron chi connectivity index (χ4n) is 3.59. The van der Waals surface area contributed by atoms with Crippen molar-refractivity contribution < 1.29 is 13.6 Å². The topological polar surface area (TPSA) is 146 Å². The molecule has 1 aliphatic rings. The lowest BCUT2D eigenvalue weighted by atomic mass is 9.84. The van der Waals surface area contributed by atoms with E-state index in [-0.39, 0.29) is 23.5 Å². The van der Waals surface area contributed by atoms with E-state index in [9.17, 15) is 18.8 Å². The average molecular weight is 454 g/mol. The molecule has 0 spiro atoms. The molecule has 0 atom stereocenters. The normalized spacial score (nSPS) is 16.8. The van der Waals surface area contributed by atoms with Gasteiger partial charge in [-0.05, 0) is 31.0 Å². The lowest BCUT2D eigenvalue weighted by Crippen LogP contribution is -2.51. The number of rotatable bonds is 8. The second kappa shape index (κ2) is 10.6. The summed E-state index contributed by atoms with van der Waals surface area (Å²) in [5.74, 6) is -2.27. The van der Waals surface area contributed by atoms with Gasteiger partial charge in [-0.25, -0.2) is 15.0 Å². The minimum absolute atomic E-state index is 0.0871. The number of nitrogens with one attached hydrogen (secondary N) is 1. The third kappa shape index (κ3) is 6.54. The first-order valence-electron chi connectivity index (χ1n) is 10.2. The minimum atomic E-state index is -0.819. The van der Waals surface area contributed by atoms with Crippen LogP contribution in [0.2, 0.25) is 0 Å². The standard InChI is InChI=1S/C22H24F2N8O/c23-18-3-1-2-16(30-18)14-32-10-6-22(5-8-25,7-11-32)29-13-17(21(27)33)20(26)31-15-4-9-28-19(24)12-15/h1-4,9,12-13,29H,5-7,10-11,14H2,(H2,27,33)(H2,26,28,31)/b17-13+. The molecule has 1 saturated heterocycles. The Labute approximate surface area is 189 Å². The van der Waals surface area contributed by atoms with Crippen molar-refractivity contribution in [2.24, 2.45) is 16.5 Å². The van der Waals surface area contributed by atoms with E-state index in [4.69, 9.17) is 11.5 Å². The molecule has 1 aliphatic heterocycles. The highest BCUT2D eigenvalue weighted by molar-refractivity contribution is 6.20. The van der Waals surface area contributed by atoms with Crippen LogP contribution < -0.4 is 16.8 Å². The van der Waals surface area contributed by atoms with Crippen LogP contribution in [0, 0.1) is 23.2 Å². The number of nitrogens with two attached hydrogens (primary N) is 2. The molecular formula is C22H24F2N8O. The number of pyridine rings is 2. The first-order chi connectivity index (χ1) is 15.8. The number of carbonyl (C=O) groups excluding carboxylic acids is 1. The van der Waals surface area contributed by atoms with E-state index in [0.29, 0.717) is 38.2 Å². The summed E-state index contributed by atoms with van der Waals surface area (Å²) in [6.07, 6.45) is 3.95.